The van der Waals surface area contributed by atoms with Crippen molar-refractivity contribution in [2.45, 2.75) is 19.4 Å². The summed E-state index contributed by atoms with van der Waals surface area (Å²) in [7, 11) is 1.37. The van der Waals surface area contributed by atoms with Crippen molar-refractivity contribution in [3.63, 3.8) is 0 Å². The van der Waals surface area contributed by atoms with Gasteiger partial charge in [-0.2, -0.15) is 0 Å². The number of thiazole rings is 1. The Hall–Kier alpha value is -1.10. The summed E-state index contributed by atoms with van der Waals surface area (Å²) < 4.78 is 4.60. The van der Waals surface area contributed by atoms with Crippen molar-refractivity contribution in [1.82, 2.24) is 4.98 Å². The van der Waals surface area contributed by atoms with E-state index < -0.39 is 0 Å². The fourth-order valence-corrected chi connectivity index (χ4v) is 2.01. The second kappa shape index (κ2) is 3.57. The summed E-state index contributed by atoms with van der Waals surface area (Å²) in [4.78, 5) is 15.8. The molecular formula is C9H12N2O2S. The van der Waals surface area contributed by atoms with Crippen molar-refractivity contribution in [2.75, 3.05) is 12.4 Å². The van der Waals surface area contributed by atoms with Crippen molar-refractivity contribution < 1.29 is 9.53 Å². The Balaban J connectivity index is 1.99. The second-order valence-electron chi connectivity index (χ2n) is 3.49. The number of hydrogen-bond acceptors (Lipinski definition) is 5. The van der Waals surface area contributed by atoms with Crippen LogP contribution in [0.2, 0.25) is 0 Å². The molecule has 0 amide bonds. The average molecular weight is 212 g/mol. The number of methoxy groups -OCH3 is 1. The lowest BCUT2D eigenvalue weighted by Crippen LogP contribution is -2.02. The minimum atomic E-state index is -0.320. The Morgan fingerprint density at radius 1 is 1.79 bits per heavy atom. The number of rotatable bonds is 3. The molecule has 0 bridgehead atoms. The maximum Gasteiger partial charge on any atom is 0.349 e. The molecule has 1 aliphatic rings. The highest BCUT2D eigenvalue weighted by molar-refractivity contribution is 7.17. The molecule has 2 atom stereocenters. The summed E-state index contributed by atoms with van der Waals surface area (Å²) in [6.07, 6.45) is 2.74. The fourth-order valence-electron chi connectivity index (χ4n) is 1.22. The lowest BCUT2D eigenvalue weighted by Gasteiger charge is -1.97. The Morgan fingerprint density at radius 3 is 3.07 bits per heavy atom. The number of anilines is 1. The first kappa shape index (κ1) is 9.45. The molecule has 0 spiro atoms. The zero-order valence-corrected chi connectivity index (χ0v) is 8.93. The van der Waals surface area contributed by atoms with Crippen molar-refractivity contribution in [2.24, 2.45) is 5.92 Å². The number of ether oxygens (including phenoxy) is 1. The maximum absolute atomic E-state index is 11.1. The lowest BCUT2D eigenvalue weighted by molar-refractivity contribution is 0.0606. The van der Waals surface area contributed by atoms with Crippen LogP contribution in [0.1, 0.15) is 23.0 Å². The molecule has 2 rings (SSSR count). The Kier molecular flexibility index (Phi) is 2.41. The van der Waals surface area contributed by atoms with Gasteiger partial charge in [-0.1, -0.05) is 18.3 Å². The van der Waals surface area contributed by atoms with E-state index >= 15 is 0 Å². The Bertz CT molecular complexity index is 350. The number of hydrogen-bond donors (Lipinski definition) is 1. The fraction of sp³-hybridized carbons (Fsp3) is 0.556. The van der Waals surface area contributed by atoms with E-state index in [-0.39, 0.29) is 5.97 Å². The number of nitrogens with one attached hydrogen (secondary N) is 1. The molecule has 76 valence electrons. The first-order chi connectivity index (χ1) is 6.70. The summed E-state index contributed by atoms with van der Waals surface area (Å²) in [6.45, 7) is 2.19. The SMILES string of the molecule is COC(=O)c1cnc(NC2CC2C)s1. The zero-order chi connectivity index (χ0) is 10.1. The first-order valence-electron chi connectivity index (χ1n) is 4.51. The highest BCUT2D eigenvalue weighted by atomic mass is 32.1. The van der Waals surface area contributed by atoms with Gasteiger partial charge in [0.25, 0.3) is 0 Å². The van der Waals surface area contributed by atoms with Gasteiger partial charge in [-0.05, 0) is 12.3 Å². The van der Waals surface area contributed by atoms with Crippen LogP contribution < -0.4 is 5.32 Å². The van der Waals surface area contributed by atoms with E-state index in [1.54, 1.807) is 6.20 Å². The molecular weight excluding hydrogens is 200 g/mol. The Labute approximate surface area is 86.3 Å². The molecule has 1 saturated carbocycles. The van der Waals surface area contributed by atoms with Gasteiger partial charge >= 0.3 is 5.97 Å². The molecule has 1 fully saturated rings. The third-order valence-electron chi connectivity index (χ3n) is 2.31. The molecule has 0 aliphatic heterocycles. The third-order valence-corrected chi connectivity index (χ3v) is 3.22. The Morgan fingerprint density at radius 2 is 2.50 bits per heavy atom. The monoisotopic (exact) mass is 212 g/mol. The van der Waals surface area contributed by atoms with Crippen LogP contribution in [0.3, 0.4) is 0 Å². The molecule has 0 aromatic carbocycles. The minimum absolute atomic E-state index is 0.320. The summed E-state index contributed by atoms with van der Waals surface area (Å²) in [6, 6.07) is 0.534. The van der Waals surface area contributed by atoms with Gasteiger partial charge < -0.3 is 10.1 Å². The number of esters is 1. The van der Waals surface area contributed by atoms with E-state index in [9.17, 15) is 4.79 Å². The van der Waals surface area contributed by atoms with E-state index in [0.29, 0.717) is 10.9 Å². The smallest absolute Gasteiger partial charge is 0.349 e. The molecule has 1 aromatic heterocycles. The van der Waals surface area contributed by atoms with Gasteiger partial charge in [0.2, 0.25) is 0 Å². The van der Waals surface area contributed by atoms with Gasteiger partial charge in [-0.25, -0.2) is 9.78 Å². The molecule has 4 nitrogen and oxygen atoms in total. The second-order valence-corrected chi connectivity index (χ2v) is 4.52. The number of nitrogens with zero attached hydrogens (tertiary/aromatic N) is 1. The summed E-state index contributed by atoms with van der Waals surface area (Å²) in [5.74, 6) is 0.403. The zero-order valence-electron chi connectivity index (χ0n) is 8.11. The molecule has 1 N–H and O–H groups in total. The standard InChI is InChI=1S/C9H12N2O2S/c1-5-3-6(5)11-9-10-4-7(14-9)8(12)13-2/h4-6H,3H2,1-2H3,(H,10,11). The third kappa shape index (κ3) is 1.87. The molecule has 14 heavy (non-hydrogen) atoms. The summed E-state index contributed by atoms with van der Waals surface area (Å²) in [5.41, 5.74) is 0. The van der Waals surface area contributed by atoms with E-state index in [1.165, 1.54) is 24.9 Å². The molecule has 0 radical (unpaired) electrons. The predicted molar refractivity (Wildman–Crippen MR) is 54.6 cm³/mol. The highest BCUT2D eigenvalue weighted by Gasteiger charge is 2.33. The maximum atomic E-state index is 11.1. The van der Waals surface area contributed by atoms with Gasteiger partial charge in [0.1, 0.15) is 4.88 Å². The molecule has 2 unspecified atom stereocenters. The first-order valence-corrected chi connectivity index (χ1v) is 5.33. The summed E-state index contributed by atoms with van der Waals surface area (Å²) in [5, 5.41) is 4.07. The van der Waals surface area contributed by atoms with Gasteiger partial charge in [0.05, 0.1) is 13.3 Å². The average Bonchev–Trinajstić information content (AvgIpc) is 2.68. The minimum Gasteiger partial charge on any atom is -0.465 e. The molecule has 0 saturated heterocycles. The van der Waals surface area contributed by atoms with Crippen LogP contribution in [0, 0.1) is 5.92 Å². The van der Waals surface area contributed by atoms with Gasteiger partial charge in [0.15, 0.2) is 5.13 Å². The van der Waals surface area contributed by atoms with Crippen LogP contribution >= 0.6 is 11.3 Å². The summed E-state index contributed by atoms with van der Waals surface area (Å²) >= 11 is 1.34. The van der Waals surface area contributed by atoms with E-state index in [4.69, 9.17) is 0 Å². The van der Waals surface area contributed by atoms with E-state index in [1.807, 2.05) is 0 Å². The predicted octanol–water partition coefficient (Wildman–Crippen LogP) is 1.75. The van der Waals surface area contributed by atoms with Crippen LogP contribution in [0.4, 0.5) is 5.13 Å². The van der Waals surface area contributed by atoms with Gasteiger partial charge in [0, 0.05) is 6.04 Å². The topological polar surface area (TPSA) is 51.2 Å². The van der Waals surface area contributed by atoms with Crippen molar-refractivity contribution >= 4 is 22.4 Å². The van der Waals surface area contributed by atoms with Crippen molar-refractivity contribution in [3.05, 3.63) is 11.1 Å². The molecule has 5 heteroatoms. The molecule has 1 heterocycles. The van der Waals surface area contributed by atoms with Crippen LogP contribution in [0.15, 0.2) is 6.20 Å². The molecule has 1 aliphatic carbocycles. The van der Waals surface area contributed by atoms with Gasteiger partial charge in [-0.3, -0.25) is 0 Å². The van der Waals surface area contributed by atoms with Crippen molar-refractivity contribution in [1.29, 1.82) is 0 Å². The normalized spacial score (nSPS) is 24.4. The largest absolute Gasteiger partial charge is 0.465 e. The van der Waals surface area contributed by atoms with Crippen LogP contribution in [-0.2, 0) is 4.74 Å². The highest BCUT2D eigenvalue weighted by Crippen LogP contribution is 2.33. The number of carbonyl (C=O) groups excluding carboxylic acids is 1. The van der Waals surface area contributed by atoms with Crippen molar-refractivity contribution in [3.8, 4) is 0 Å². The van der Waals surface area contributed by atoms with Gasteiger partial charge in [-0.15, -0.1) is 0 Å². The number of aromatic nitrogens is 1. The van der Waals surface area contributed by atoms with Crippen LogP contribution in [0.5, 0.6) is 0 Å². The quantitative estimate of drug-likeness (QED) is 0.775. The van der Waals surface area contributed by atoms with E-state index in [0.717, 1.165) is 11.0 Å². The lowest BCUT2D eigenvalue weighted by atomic mass is 10.5. The molecule has 1 aromatic rings. The van der Waals surface area contributed by atoms with E-state index in [2.05, 4.69) is 22.0 Å². The van der Waals surface area contributed by atoms with Crippen LogP contribution in [-0.4, -0.2) is 24.1 Å². The van der Waals surface area contributed by atoms with Crippen LogP contribution in [0.25, 0.3) is 0 Å². The number of carbonyl (C=O) groups is 1.